The lowest BCUT2D eigenvalue weighted by Crippen LogP contribution is -2.28. The summed E-state index contributed by atoms with van der Waals surface area (Å²) < 4.78 is 2.47. The van der Waals surface area contributed by atoms with Crippen molar-refractivity contribution in [2.24, 2.45) is 0 Å². The Morgan fingerprint density at radius 2 is 1.82 bits per heavy atom. The summed E-state index contributed by atoms with van der Waals surface area (Å²) in [6.07, 6.45) is 11.4. The van der Waals surface area contributed by atoms with Crippen LogP contribution in [-0.2, 0) is 5.41 Å². The van der Waals surface area contributed by atoms with Crippen LogP contribution in [0.3, 0.4) is 0 Å². The SMILES string of the molecule is CC1(C)C(/C=C/C=C/Nc2ccccc2)=[N+](CCCCCO)c2ccc(-c3cccs3)cc21. The average molecular weight is 458 g/mol. The lowest BCUT2D eigenvalue weighted by atomic mass is 9.80. The highest BCUT2D eigenvalue weighted by molar-refractivity contribution is 7.13. The van der Waals surface area contributed by atoms with Crippen LogP contribution in [0.5, 0.6) is 0 Å². The van der Waals surface area contributed by atoms with Gasteiger partial charge in [0.15, 0.2) is 5.71 Å². The molecule has 0 unspecified atom stereocenters. The lowest BCUT2D eigenvalue weighted by molar-refractivity contribution is -0.438. The van der Waals surface area contributed by atoms with Gasteiger partial charge >= 0.3 is 0 Å². The van der Waals surface area contributed by atoms with Crippen LogP contribution >= 0.6 is 11.3 Å². The van der Waals surface area contributed by atoms with E-state index in [1.54, 1.807) is 11.3 Å². The Hall–Kier alpha value is -2.95. The third kappa shape index (κ3) is 5.35. The van der Waals surface area contributed by atoms with Crippen LogP contribution in [0.4, 0.5) is 11.4 Å². The zero-order valence-corrected chi connectivity index (χ0v) is 20.3. The number of nitrogens with one attached hydrogen (secondary N) is 1. The first-order valence-electron chi connectivity index (χ1n) is 11.7. The molecule has 3 aromatic rings. The van der Waals surface area contributed by atoms with Crippen LogP contribution < -0.4 is 5.32 Å². The molecule has 0 bridgehead atoms. The summed E-state index contributed by atoms with van der Waals surface area (Å²) in [6, 6.07) is 21.4. The summed E-state index contributed by atoms with van der Waals surface area (Å²) in [5.74, 6) is 0. The number of anilines is 1. The van der Waals surface area contributed by atoms with E-state index in [2.05, 4.69) is 89.8 Å². The van der Waals surface area contributed by atoms with Crippen molar-refractivity contribution in [2.45, 2.75) is 38.5 Å². The first-order chi connectivity index (χ1) is 16.1. The smallest absolute Gasteiger partial charge is 0.209 e. The third-order valence-corrected chi connectivity index (χ3v) is 7.14. The Labute approximate surface area is 201 Å². The second kappa shape index (κ2) is 10.8. The van der Waals surface area contributed by atoms with Crippen LogP contribution in [-0.4, -0.2) is 28.5 Å². The number of benzene rings is 2. The van der Waals surface area contributed by atoms with Gasteiger partial charge in [0, 0.05) is 47.5 Å². The highest BCUT2D eigenvalue weighted by Crippen LogP contribution is 2.42. The van der Waals surface area contributed by atoms with Crippen molar-refractivity contribution in [1.82, 2.24) is 0 Å². The van der Waals surface area contributed by atoms with E-state index >= 15 is 0 Å². The van der Waals surface area contributed by atoms with Gasteiger partial charge < -0.3 is 10.4 Å². The monoisotopic (exact) mass is 457 g/mol. The largest absolute Gasteiger partial charge is 0.396 e. The van der Waals surface area contributed by atoms with Crippen LogP contribution in [0, 0.1) is 0 Å². The van der Waals surface area contributed by atoms with E-state index in [0.29, 0.717) is 0 Å². The second-order valence-electron chi connectivity index (χ2n) is 8.88. The molecule has 1 aliphatic rings. The number of thiophene rings is 1. The fraction of sp³-hybridized carbons (Fsp3) is 0.276. The first kappa shape index (κ1) is 23.2. The topological polar surface area (TPSA) is 35.3 Å². The third-order valence-electron chi connectivity index (χ3n) is 6.22. The summed E-state index contributed by atoms with van der Waals surface area (Å²) in [5, 5.41) is 14.6. The molecule has 0 aliphatic carbocycles. The van der Waals surface area contributed by atoms with Gasteiger partial charge in [-0.2, -0.15) is 4.58 Å². The number of nitrogens with zero attached hydrogens (tertiary/aromatic N) is 1. The molecule has 0 saturated carbocycles. The van der Waals surface area contributed by atoms with E-state index in [1.165, 1.54) is 27.4 Å². The van der Waals surface area contributed by atoms with Gasteiger partial charge in [-0.1, -0.05) is 30.3 Å². The van der Waals surface area contributed by atoms with Crippen LogP contribution in [0.25, 0.3) is 10.4 Å². The van der Waals surface area contributed by atoms with Gasteiger partial charge in [0.1, 0.15) is 6.54 Å². The van der Waals surface area contributed by atoms with E-state index in [9.17, 15) is 5.11 Å². The molecule has 0 radical (unpaired) electrons. The zero-order valence-electron chi connectivity index (χ0n) is 19.5. The number of rotatable bonds is 10. The van der Waals surface area contributed by atoms with Crippen molar-refractivity contribution < 1.29 is 9.68 Å². The second-order valence-corrected chi connectivity index (χ2v) is 9.83. The van der Waals surface area contributed by atoms with Crippen molar-refractivity contribution >= 4 is 28.4 Å². The molecule has 0 saturated heterocycles. The fourth-order valence-corrected chi connectivity index (χ4v) is 5.18. The normalized spacial score (nSPS) is 15.0. The maximum Gasteiger partial charge on any atom is 0.209 e. The number of allylic oxidation sites excluding steroid dienone is 3. The van der Waals surface area contributed by atoms with Crippen LogP contribution in [0.15, 0.2) is 90.5 Å². The molecule has 0 spiro atoms. The van der Waals surface area contributed by atoms with Crippen LogP contribution in [0.2, 0.25) is 0 Å². The molecule has 4 heteroatoms. The van der Waals surface area contributed by atoms with Gasteiger partial charge in [-0.15, -0.1) is 11.3 Å². The molecule has 0 fully saturated rings. The first-order valence-corrected chi connectivity index (χ1v) is 12.6. The summed E-state index contributed by atoms with van der Waals surface area (Å²) in [7, 11) is 0. The molecule has 2 N–H and O–H groups in total. The van der Waals surface area contributed by atoms with Crippen molar-refractivity contribution in [1.29, 1.82) is 0 Å². The Bertz CT molecular complexity index is 1140. The molecule has 170 valence electrons. The minimum Gasteiger partial charge on any atom is -0.396 e. The molecule has 2 heterocycles. The van der Waals surface area contributed by atoms with E-state index < -0.39 is 0 Å². The highest BCUT2D eigenvalue weighted by atomic mass is 32.1. The Kier molecular flexibility index (Phi) is 7.58. The predicted molar refractivity (Wildman–Crippen MR) is 142 cm³/mol. The molecular formula is C29H33N2OS+. The van der Waals surface area contributed by atoms with Crippen molar-refractivity contribution in [3.05, 3.63) is 96.0 Å². The number of aliphatic hydroxyl groups is 1. The number of para-hydroxylation sites is 1. The minimum absolute atomic E-state index is 0.0865. The number of fused-ring (bicyclic) bond motifs is 1. The number of hydrogen-bond donors (Lipinski definition) is 2. The molecule has 0 atom stereocenters. The summed E-state index contributed by atoms with van der Waals surface area (Å²) in [6.45, 7) is 5.87. The lowest BCUT2D eigenvalue weighted by Gasteiger charge is -2.16. The average Bonchev–Trinajstić information content (AvgIpc) is 3.43. The van der Waals surface area contributed by atoms with Crippen LogP contribution in [0.1, 0.15) is 38.7 Å². The molecule has 1 aromatic heterocycles. The van der Waals surface area contributed by atoms with Crippen molar-refractivity contribution in [3.63, 3.8) is 0 Å². The maximum absolute atomic E-state index is 9.18. The number of hydrogen-bond acceptors (Lipinski definition) is 3. The van der Waals surface area contributed by atoms with E-state index in [4.69, 9.17) is 0 Å². The highest BCUT2D eigenvalue weighted by Gasteiger charge is 2.44. The quantitative estimate of drug-likeness (QED) is 0.193. The van der Waals surface area contributed by atoms with E-state index in [0.717, 1.165) is 31.5 Å². The number of unbranched alkanes of at least 4 members (excludes halogenated alkanes) is 2. The van der Waals surface area contributed by atoms with Gasteiger partial charge in [-0.25, -0.2) is 0 Å². The Morgan fingerprint density at radius 1 is 0.970 bits per heavy atom. The van der Waals surface area contributed by atoms with Gasteiger partial charge in [-0.3, -0.25) is 0 Å². The molecule has 3 nitrogen and oxygen atoms in total. The zero-order chi connectivity index (χ0) is 23.1. The Morgan fingerprint density at radius 3 is 2.58 bits per heavy atom. The van der Waals surface area contributed by atoms with Gasteiger partial charge in [0.05, 0.1) is 5.41 Å². The van der Waals surface area contributed by atoms with Gasteiger partial charge in [0.2, 0.25) is 5.69 Å². The standard InChI is InChI=1S/C29H32N2OS/c1-29(2)25-22-23(27-14-11-21-33-27)16-17-26(25)31(19-9-4-10-20-32)28(29)15-7-8-18-30-24-12-5-3-6-13-24/h3,5-8,11-18,21-22,32H,4,9-10,19-20H2,1-2H3/p+1. The summed E-state index contributed by atoms with van der Waals surface area (Å²) in [4.78, 5) is 1.31. The molecule has 2 aromatic carbocycles. The fourth-order valence-electron chi connectivity index (χ4n) is 4.45. The molecule has 33 heavy (non-hydrogen) atoms. The minimum atomic E-state index is -0.0865. The maximum atomic E-state index is 9.18. The van der Waals surface area contributed by atoms with Gasteiger partial charge in [0.25, 0.3) is 0 Å². The summed E-state index contributed by atoms with van der Waals surface area (Å²) in [5.41, 5.74) is 6.27. The summed E-state index contributed by atoms with van der Waals surface area (Å²) >= 11 is 1.79. The predicted octanol–water partition coefficient (Wildman–Crippen LogP) is 7.14. The molecule has 0 amide bonds. The van der Waals surface area contributed by atoms with Gasteiger partial charge in [-0.05, 0) is 74.0 Å². The molecule has 1 aliphatic heterocycles. The van der Waals surface area contributed by atoms with Crippen molar-refractivity contribution in [2.75, 3.05) is 18.5 Å². The molecule has 4 rings (SSSR count). The van der Waals surface area contributed by atoms with E-state index in [-0.39, 0.29) is 12.0 Å². The number of aliphatic hydroxyl groups excluding tert-OH is 1. The van der Waals surface area contributed by atoms with Crippen molar-refractivity contribution in [3.8, 4) is 10.4 Å². The Balaban J connectivity index is 1.60. The van der Waals surface area contributed by atoms with E-state index in [1.807, 2.05) is 24.4 Å². The molecular weight excluding hydrogens is 424 g/mol.